The molecule has 3 aromatic rings. The van der Waals surface area contributed by atoms with Crippen LogP contribution in [-0.4, -0.2) is 68.2 Å². The zero-order valence-corrected chi connectivity index (χ0v) is 23.1. The van der Waals surface area contributed by atoms with Crippen LogP contribution in [0.15, 0.2) is 47.4 Å². The molecule has 1 saturated heterocycles. The van der Waals surface area contributed by atoms with Crippen molar-refractivity contribution in [3.63, 3.8) is 0 Å². The predicted molar refractivity (Wildman–Crippen MR) is 150 cm³/mol. The zero-order valence-electron chi connectivity index (χ0n) is 23.1. The van der Waals surface area contributed by atoms with Crippen molar-refractivity contribution >= 4 is 23.0 Å². The van der Waals surface area contributed by atoms with Crippen molar-refractivity contribution in [1.29, 1.82) is 0 Å². The molecule has 41 heavy (non-hydrogen) atoms. The minimum Gasteiger partial charge on any atom is -0.490 e. The first-order valence-corrected chi connectivity index (χ1v) is 13.2. The number of aromatic amines is 1. The number of anilines is 3. The first kappa shape index (κ1) is 28.5. The van der Waals surface area contributed by atoms with Crippen LogP contribution in [0.1, 0.15) is 29.8 Å². The Morgan fingerprint density at radius 1 is 1.05 bits per heavy atom. The molecule has 1 amide bonds. The molecule has 2 aliphatic heterocycles. The monoisotopic (exact) mass is 573 g/mol. The van der Waals surface area contributed by atoms with Gasteiger partial charge in [0.05, 0.1) is 34.7 Å². The Labute approximate surface area is 234 Å². The van der Waals surface area contributed by atoms with Crippen LogP contribution < -0.4 is 25.4 Å². The highest BCUT2D eigenvalue weighted by Crippen LogP contribution is 2.40. The normalized spacial score (nSPS) is 19.5. The van der Waals surface area contributed by atoms with E-state index in [-0.39, 0.29) is 23.3 Å². The molecule has 2 N–H and O–H groups in total. The van der Waals surface area contributed by atoms with Crippen LogP contribution in [-0.2, 0) is 6.18 Å². The van der Waals surface area contributed by atoms with Gasteiger partial charge in [-0.15, -0.1) is 0 Å². The van der Waals surface area contributed by atoms with E-state index in [0.717, 1.165) is 11.9 Å². The minimum atomic E-state index is -4.93. The van der Waals surface area contributed by atoms with Gasteiger partial charge in [0, 0.05) is 50.0 Å². The summed E-state index contributed by atoms with van der Waals surface area (Å²) in [6.07, 6.45) is -4.20. The van der Waals surface area contributed by atoms with Crippen molar-refractivity contribution < 1.29 is 27.1 Å². The van der Waals surface area contributed by atoms with Crippen molar-refractivity contribution in [2.75, 3.05) is 55.5 Å². The lowest BCUT2D eigenvalue weighted by Gasteiger charge is -2.44. The number of nitrogens with one attached hydrogen (secondary N) is 2. The fraction of sp³-hybridized carbons (Fsp3) is 0.379. The standard InChI is InChI=1S/C29H31F4N5O3/c1-16-14-38(15-17(2)37(16)4)25-12-22(30)19(18-5-6-24-26(9-18)41-8-7-36(24)3)10-23(25)35-28(40)20-13-34-27(39)11-21(20)29(31,32)33/h5-6,9-13,16-17H,7-8,14-15H2,1-4H3,(H,34,39)(H,35,40)/t16-,17+. The van der Waals surface area contributed by atoms with Gasteiger partial charge in [0.15, 0.2) is 0 Å². The Morgan fingerprint density at radius 3 is 2.44 bits per heavy atom. The van der Waals surface area contributed by atoms with E-state index < -0.39 is 34.6 Å². The lowest BCUT2D eigenvalue weighted by Crippen LogP contribution is -2.55. The molecule has 0 bridgehead atoms. The average molecular weight is 574 g/mol. The number of carbonyl (C=O) groups excluding carboxylic acids is 1. The van der Waals surface area contributed by atoms with E-state index in [1.54, 1.807) is 12.1 Å². The second-order valence-electron chi connectivity index (χ2n) is 10.6. The molecule has 2 atom stereocenters. The molecule has 5 rings (SSSR count). The number of amides is 1. The van der Waals surface area contributed by atoms with Gasteiger partial charge in [0.1, 0.15) is 18.2 Å². The SMILES string of the molecule is C[C@@H]1CN(c2cc(F)c(-c3ccc4c(c3)OCCN4C)cc2NC(=O)c2c[nH]c(=O)cc2C(F)(F)F)C[C@H](C)N1C. The van der Waals surface area contributed by atoms with Gasteiger partial charge in [-0.25, -0.2) is 4.39 Å². The van der Waals surface area contributed by atoms with Crippen LogP contribution in [0.4, 0.5) is 34.6 Å². The summed E-state index contributed by atoms with van der Waals surface area (Å²) in [7, 11) is 3.91. The summed E-state index contributed by atoms with van der Waals surface area (Å²) >= 11 is 0. The summed E-state index contributed by atoms with van der Waals surface area (Å²) in [6, 6.07) is 8.53. The largest absolute Gasteiger partial charge is 0.490 e. The van der Waals surface area contributed by atoms with Crippen molar-refractivity contribution in [2.45, 2.75) is 32.1 Å². The number of halogens is 4. The maximum atomic E-state index is 15.8. The number of pyridine rings is 1. The fourth-order valence-corrected chi connectivity index (χ4v) is 5.36. The van der Waals surface area contributed by atoms with Crippen LogP contribution in [0, 0.1) is 5.82 Å². The number of ether oxygens (including phenoxy) is 1. The van der Waals surface area contributed by atoms with E-state index in [1.165, 1.54) is 12.1 Å². The Hall–Kier alpha value is -4.06. The van der Waals surface area contributed by atoms with Crippen LogP contribution in [0.5, 0.6) is 5.75 Å². The molecule has 0 spiro atoms. The third-order valence-electron chi connectivity index (χ3n) is 7.87. The van der Waals surface area contributed by atoms with E-state index in [0.29, 0.717) is 49.3 Å². The van der Waals surface area contributed by atoms with E-state index >= 15 is 4.39 Å². The molecule has 2 aromatic carbocycles. The second kappa shape index (κ2) is 10.7. The van der Waals surface area contributed by atoms with E-state index in [9.17, 15) is 22.8 Å². The Kier molecular flexibility index (Phi) is 7.45. The number of hydrogen-bond acceptors (Lipinski definition) is 6. The summed E-state index contributed by atoms with van der Waals surface area (Å²) in [5.74, 6) is -1.06. The quantitative estimate of drug-likeness (QED) is 0.437. The van der Waals surface area contributed by atoms with Crippen molar-refractivity contribution in [3.05, 3.63) is 69.9 Å². The number of rotatable bonds is 4. The first-order chi connectivity index (χ1) is 19.3. The van der Waals surface area contributed by atoms with Gasteiger partial charge in [-0.1, -0.05) is 6.07 Å². The predicted octanol–water partition coefficient (Wildman–Crippen LogP) is 4.81. The summed E-state index contributed by atoms with van der Waals surface area (Å²) in [4.78, 5) is 33.2. The van der Waals surface area contributed by atoms with Gasteiger partial charge < -0.3 is 24.8 Å². The first-order valence-electron chi connectivity index (χ1n) is 13.2. The van der Waals surface area contributed by atoms with Crippen LogP contribution >= 0.6 is 0 Å². The molecule has 8 nitrogen and oxygen atoms in total. The second-order valence-corrected chi connectivity index (χ2v) is 10.6. The van der Waals surface area contributed by atoms with Crippen LogP contribution in [0.2, 0.25) is 0 Å². The van der Waals surface area contributed by atoms with Crippen LogP contribution in [0.25, 0.3) is 11.1 Å². The number of hydrogen-bond donors (Lipinski definition) is 2. The number of H-pyrrole nitrogens is 1. The van der Waals surface area contributed by atoms with E-state index in [1.807, 2.05) is 43.8 Å². The molecule has 12 heteroatoms. The highest BCUT2D eigenvalue weighted by atomic mass is 19.4. The third kappa shape index (κ3) is 5.61. The third-order valence-corrected chi connectivity index (χ3v) is 7.87. The van der Waals surface area contributed by atoms with Gasteiger partial charge >= 0.3 is 6.18 Å². The summed E-state index contributed by atoms with van der Waals surface area (Å²) < 4.78 is 62.7. The molecule has 0 saturated carbocycles. The van der Waals surface area contributed by atoms with Crippen molar-refractivity contribution in [2.24, 2.45) is 0 Å². The van der Waals surface area contributed by atoms with E-state index in [4.69, 9.17) is 4.74 Å². The number of likely N-dealkylation sites (N-methyl/N-ethyl adjacent to an activating group) is 2. The van der Waals surface area contributed by atoms with Crippen LogP contribution in [0.3, 0.4) is 0 Å². The Balaban J connectivity index is 1.60. The highest BCUT2D eigenvalue weighted by molar-refractivity contribution is 6.07. The van der Waals surface area contributed by atoms with Gasteiger partial charge in [-0.2, -0.15) is 13.2 Å². The molecular formula is C29H31F4N5O3. The summed E-state index contributed by atoms with van der Waals surface area (Å²) in [5.41, 5.74) is -1.12. The van der Waals surface area contributed by atoms with E-state index in [2.05, 4.69) is 15.2 Å². The fourth-order valence-electron chi connectivity index (χ4n) is 5.36. The van der Waals surface area contributed by atoms with Gasteiger partial charge in [0.2, 0.25) is 5.56 Å². The lowest BCUT2D eigenvalue weighted by molar-refractivity contribution is -0.138. The number of fused-ring (bicyclic) bond motifs is 1. The topological polar surface area (TPSA) is 80.9 Å². The number of benzene rings is 2. The molecule has 2 aliphatic rings. The molecule has 0 aliphatic carbocycles. The molecule has 0 radical (unpaired) electrons. The molecule has 1 aromatic heterocycles. The molecule has 218 valence electrons. The Morgan fingerprint density at radius 2 is 1.76 bits per heavy atom. The summed E-state index contributed by atoms with van der Waals surface area (Å²) in [5, 5.41) is 2.58. The number of piperazine rings is 1. The minimum absolute atomic E-state index is 0.0934. The number of alkyl halides is 3. The lowest BCUT2D eigenvalue weighted by atomic mass is 10.00. The maximum Gasteiger partial charge on any atom is 0.417 e. The number of nitrogens with zero attached hydrogens (tertiary/aromatic N) is 3. The molecule has 3 heterocycles. The molecular weight excluding hydrogens is 542 g/mol. The van der Waals surface area contributed by atoms with Crippen molar-refractivity contribution in [3.8, 4) is 16.9 Å². The molecule has 1 fully saturated rings. The smallest absolute Gasteiger partial charge is 0.417 e. The average Bonchev–Trinajstić information content (AvgIpc) is 2.91. The Bertz CT molecular complexity index is 1530. The molecule has 0 unspecified atom stereocenters. The number of aromatic nitrogens is 1. The number of carbonyl (C=O) groups is 1. The van der Waals surface area contributed by atoms with Gasteiger partial charge in [0.25, 0.3) is 5.91 Å². The summed E-state index contributed by atoms with van der Waals surface area (Å²) in [6.45, 7) is 6.23. The van der Waals surface area contributed by atoms with Gasteiger partial charge in [-0.3, -0.25) is 14.5 Å². The van der Waals surface area contributed by atoms with Gasteiger partial charge in [-0.05, 0) is 50.7 Å². The zero-order chi connectivity index (χ0) is 29.6. The maximum absolute atomic E-state index is 15.8. The van der Waals surface area contributed by atoms with Crippen molar-refractivity contribution in [1.82, 2.24) is 9.88 Å². The highest BCUT2D eigenvalue weighted by Gasteiger charge is 2.36.